The van der Waals surface area contributed by atoms with E-state index in [2.05, 4.69) is 23.7 Å². The summed E-state index contributed by atoms with van der Waals surface area (Å²) in [4.78, 5) is 22.7. The lowest BCUT2D eigenvalue weighted by atomic mass is 10.2. The van der Waals surface area contributed by atoms with Crippen LogP contribution in [0.1, 0.15) is 41.0 Å². The molecular formula is C17H35N5O2. The molecular weight excluding hydrogens is 306 g/mol. The lowest BCUT2D eigenvalue weighted by Crippen LogP contribution is -2.53. The number of aliphatic imine (C=N–C) groups is 1. The fourth-order valence-corrected chi connectivity index (χ4v) is 2.59. The zero-order valence-electron chi connectivity index (χ0n) is 16.0. The van der Waals surface area contributed by atoms with Gasteiger partial charge in [-0.2, -0.15) is 0 Å². The summed E-state index contributed by atoms with van der Waals surface area (Å²) < 4.78 is 5.40. The Morgan fingerprint density at radius 3 is 2.21 bits per heavy atom. The van der Waals surface area contributed by atoms with Gasteiger partial charge < -0.3 is 25.2 Å². The van der Waals surface area contributed by atoms with E-state index < -0.39 is 5.60 Å². The monoisotopic (exact) mass is 341 g/mol. The highest BCUT2D eigenvalue weighted by molar-refractivity contribution is 5.78. The lowest BCUT2D eigenvalue weighted by molar-refractivity contribution is 0.0186. The Labute approximate surface area is 146 Å². The molecule has 0 aromatic rings. The maximum atomic E-state index is 12.1. The third-order valence-corrected chi connectivity index (χ3v) is 3.93. The molecule has 140 valence electrons. The van der Waals surface area contributed by atoms with E-state index in [1.165, 1.54) is 0 Å². The fraction of sp³-hybridized carbons (Fsp3) is 0.882. The number of guanidine groups is 1. The van der Waals surface area contributed by atoms with Crippen LogP contribution in [0.4, 0.5) is 4.79 Å². The Bertz CT molecular complexity index is 412. The highest BCUT2D eigenvalue weighted by Gasteiger charge is 2.26. The van der Waals surface area contributed by atoms with Crippen molar-refractivity contribution in [1.82, 2.24) is 14.7 Å². The van der Waals surface area contributed by atoms with Crippen LogP contribution in [0.15, 0.2) is 4.99 Å². The minimum atomic E-state index is -0.460. The Kier molecular flexibility index (Phi) is 8.31. The number of rotatable bonds is 6. The first-order valence-corrected chi connectivity index (χ1v) is 9.02. The van der Waals surface area contributed by atoms with Crippen LogP contribution >= 0.6 is 0 Å². The van der Waals surface area contributed by atoms with Crippen LogP contribution in [0.5, 0.6) is 0 Å². The molecule has 0 unspecified atom stereocenters. The van der Waals surface area contributed by atoms with Crippen molar-refractivity contribution in [3.8, 4) is 0 Å². The summed E-state index contributed by atoms with van der Waals surface area (Å²) in [6.45, 7) is 16.4. The second-order valence-electron chi connectivity index (χ2n) is 7.13. The van der Waals surface area contributed by atoms with Gasteiger partial charge in [-0.15, -0.1) is 0 Å². The van der Waals surface area contributed by atoms with Gasteiger partial charge in [-0.05, 0) is 40.3 Å². The number of nitrogens with two attached hydrogens (primary N) is 1. The van der Waals surface area contributed by atoms with Crippen molar-refractivity contribution in [2.24, 2.45) is 10.7 Å². The third kappa shape index (κ3) is 7.38. The highest BCUT2D eigenvalue weighted by atomic mass is 16.6. The Hall–Kier alpha value is -1.50. The summed E-state index contributed by atoms with van der Waals surface area (Å²) in [6.07, 6.45) is 0.899. The number of carbonyl (C=O) groups is 1. The van der Waals surface area contributed by atoms with Gasteiger partial charge >= 0.3 is 6.09 Å². The van der Waals surface area contributed by atoms with Gasteiger partial charge in [0, 0.05) is 32.7 Å². The second kappa shape index (κ2) is 9.71. The molecule has 1 aliphatic rings. The molecule has 0 radical (unpaired) electrons. The van der Waals surface area contributed by atoms with E-state index in [0.29, 0.717) is 38.7 Å². The van der Waals surface area contributed by atoms with E-state index in [4.69, 9.17) is 10.5 Å². The number of hydrogen-bond acceptors (Lipinski definition) is 4. The predicted molar refractivity (Wildman–Crippen MR) is 98.3 cm³/mol. The molecule has 7 heteroatoms. The van der Waals surface area contributed by atoms with Crippen molar-refractivity contribution in [2.45, 2.75) is 46.6 Å². The van der Waals surface area contributed by atoms with Gasteiger partial charge in [-0.1, -0.05) is 13.8 Å². The van der Waals surface area contributed by atoms with Crippen molar-refractivity contribution < 1.29 is 9.53 Å². The van der Waals surface area contributed by atoms with Crippen LogP contribution in [0.2, 0.25) is 0 Å². The molecule has 0 spiro atoms. The number of nitrogens with zero attached hydrogens (tertiary/aromatic N) is 4. The molecule has 0 bridgehead atoms. The van der Waals surface area contributed by atoms with Crippen LogP contribution in [-0.4, -0.2) is 84.7 Å². The first kappa shape index (κ1) is 20.5. The minimum Gasteiger partial charge on any atom is -0.444 e. The molecule has 1 aliphatic heterocycles. The summed E-state index contributed by atoms with van der Waals surface area (Å²) in [6, 6.07) is 0. The van der Waals surface area contributed by atoms with Gasteiger partial charge in [0.25, 0.3) is 0 Å². The molecule has 0 aromatic heterocycles. The van der Waals surface area contributed by atoms with E-state index in [-0.39, 0.29) is 6.09 Å². The molecule has 1 saturated heterocycles. The molecule has 0 aliphatic carbocycles. The number of likely N-dealkylation sites (N-methyl/N-ethyl adjacent to an activating group) is 1. The number of ether oxygens (including phenoxy) is 1. The van der Waals surface area contributed by atoms with Crippen LogP contribution in [-0.2, 0) is 4.74 Å². The van der Waals surface area contributed by atoms with E-state index in [1.807, 2.05) is 25.7 Å². The van der Waals surface area contributed by atoms with Crippen molar-refractivity contribution in [2.75, 3.05) is 52.4 Å². The smallest absolute Gasteiger partial charge is 0.410 e. The van der Waals surface area contributed by atoms with Crippen molar-refractivity contribution in [3.05, 3.63) is 0 Å². The van der Waals surface area contributed by atoms with Gasteiger partial charge in [0.2, 0.25) is 0 Å². The molecule has 24 heavy (non-hydrogen) atoms. The van der Waals surface area contributed by atoms with E-state index in [1.54, 1.807) is 4.90 Å². The predicted octanol–water partition coefficient (Wildman–Crippen LogP) is 1.59. The zero-order chi connectivity index (χ0) is 18.2. The third-order valence-electron chi connectivity index (χ3n) is 3.93. The maximum absolute atomic E-state index is 12.1. The zero-order valence-corrected chi connectivity index (χ0v) is 16.0. The molecule has 0 aromatic carbocycles. The second-order valence-corrected chi connectivity index (χ2v) is 7.13. The summed E-state index contributed by atoms with van der Waals surface area (Å²) in [5.41, 5.74) is 5.64. The number of amides is 1. The highest BCUT2D eigenvalue weighted by Crippen LogP contribution is 2.11. The number of hydrogen-bond donors (Lipinski definition) is 1. The van der Waals surface area contributed by atoms with Crippen LogP contribution in [0.25, 0.3) is 0 Å². The molecule has 1 amide bonds. The number of piperazine rings is 1. The maximum Gasteiger partial charge on any atom is 0.410 e. The van der Waals surface area contributed by atoms with Gasteiger partial charge in [0.1, 0.15) is 5.60 Å². The molecule has 7 nitrogen and oxygen atoms in total. The summed E-state index contributed by atoms with van der Waals surface area (Å²) >= 11 is 0. The summed E-state index contributed by atoms with van der Waals surface area (Å²) in [5, 5.41) is 0. The van der Waals surface area contributed by atoms with Gasteiger partial charge in [-0.3, -0.25) is 4.99 Å². The molecule has 1 heterocycles. The Morgan fingerprint density at radius 1 is 1.12 bits per heavy atom. The largest absolute Gasteiger partial charge is 0.444 e. The van der Waals surface area contributed by atoms with Crippen LogP contribution in [0.3, 0.4) is 0 Å². The van der Waals surface area contributed by atoms with Crippen molar-refractivity contribution in [3.63, 3.8) is 0 Å². The SMILES string of the molecule is CCCN(CC)CCN=C(N)N1CCN(C(=O)OC(C)(C)C)CC1. The van der Waals surface area contributed by atoms with Gasteiger partial charge in [0.05, 0.1) is 6.54 Å². The topological polar surface area (TPSA) is 74.4 Å². The first-order valence-electron chi connectivity index (χ1n) is 9.02. The van der Waals surface area contributed by atoms with Crippen molar-refractivity contribution >= 4 is 12.1 Å². The summed E-state index contributed by atoms with van der Waals surface area (Å²) in [7, 11) is 0. The average molecular weight is 342 g/mol. The fourth-order valence-electron chi connectivity index (χ4n) is 2.59. The van der Waals surface area contributed by atoms with Crippen LogP contribution < -0.4 is 5.73 Å². The summed E-state index contributed by atoms with van der Waals surface area (Å²) in [5.74, 6) is 0.575. The standard InChI is InChI=1S/C17H35N5O2/c1-6-9-20(7-2)10-8-19-15(18)21-11-13-22(14-12-21)16(23)24-17(3,4)5/h6-14H2,1-5H3,(H2,18,19). The molecule has 1 rings (SSSR count). The minimum absolute atomic E-state index is 0.254. The van der Waals surface area contributed by atoms with Gasteiger partial charge in [-0.25, -0.2) is 4.79 Å². The quantitative estimate of drug-likeness (QED) is 0.586. The van der Waals surface area contributed by atoms with E-state index in [9.17, 15) is 4.79 Å². The van der Waals surface area contributed by atoms with Gasteiger partial charge in [0.15, 0.2) is 5.96 Å². The van der Waals surface area contributed by atoms with Crippen molar-refractivity contribution in [1.29, 1.82) is 0 Å². The van der Waals surface area contributed by atoms with E-state index >= 15 is 0 Å². The molecule has 2 N–H and O–H groups in total. The normalized spacial score (nSPS) is 16.7. The molecule has 0 atom stereocenters. The molecule has 1 fully saturated rings. The Balaban J connectivity index is 2.38. The van der Waals surface area contributed by atoms with Crippen LogP contribution in [0, 0.1) is 0 Å². The average Bonchev–Trinajstić information content (AvgIpc) is 2.52. The van der Waals surface area contributed by atoms with E-state index in [0.717, 1.165) is 26.1 Å². The first-order chi connectivity index (χ1) is 11.3. The lowest BCUT2D eigenvalue weighted by Gasteiger charge is -2.36. The Morgan fingerprint density at radius 2 is 1.71 bits per heavy atom. The molecule has 0 saturated carbocycles. The number of carbonyl (C=O) groups excluding carboxylic acids is 1.